The molecular formula is C8H16N2O3S. The first-order valence-corrected chi connectivity index (χ1v) is 5.82. The number of hydrogen-bond acceptors (Lipinski definition) is 3. The highest BCUT2D eigenvalue weighted by atomic mass is 32.2. The second-order valence-corrected chi connectivity index (χ2v) is 5.49. The number of nitrogens with zero attached hydrogens (tertiary/aromatic N) is 1. The van der Waals surface area contributed by atoms with Gasteiger partial charge in [-0.3, -0.25) is 4.79 Å². The summed E-state index contributed by atoms with van der Waals surface area (Å²) < 4.78 is 13.3. The van der Waals surface area contributed by atoms with Crippen molar-refractivity contribution in [3.8, 4) is 0 Å². The molecule has 1 rings (SSSR count). The van der Waals surface area contributed by atoms with Gasteiger partial charge in [0, 0.05) is 24.9 Å². The lowest BCUT2D eigenvalue weighted by Crippen LogP contribution is -2.56. The molecule has 1 heterocycles. The number of aliphatic carboxylic acids is 1. The summed E-state index contributed by atoms with van der Waals surface area (Å²) in [6.07, 6.45) is 0. The van der Waals surface area contributed by atoms with Gasteiger partial charge in [0.25, 0.3) is 0 Å². The van der Waals surface area contributed by atoms with Crippen LogP contribution in [0.5, 0.6) is 0 Å². The van der Waals surface area contributed by atoms with Crippen molar-refractivity contribution in [1.82, 2.24) is 9.62 Å². The van der Waals surface area contributed by atoms with Crippen molar-refractivity contribution in [3.63, 3.8) is 0 Å². The van der Waals surface area contributed by atoms with Crippen molar-refractivity contribution in [1.29, 1.82) is 0 Å². The highest BCUT2D eigenvalue weighted by Gasteiger charge is 2.32. The fourth-order valence-electron chi connectivity index (χ4n) is 1.38. The summed E-state index contributed by atoms with van der Waals surface area (Å²) in [5.74, 6) is -0.911. The Bertz CT molecular complexity index is 245. The average Bonchev–Trinajstić information content (AvgIpc) is 2.16. The molecular weight excluding hydrogens is 204 g/mol. The van der Waals surface area contributed by atoms with E-state index in [0.717, 1.165) is 0 Å². The SMILES string of the molecule is CC(C)S(=O)N1CCNCC1C(=O)O. The minimum Gasteiger partial charge on any atom is -0.480 e. The molecule has 0 bridgehead atoms. The van der Waals surface area contributed by atoms with Crippen molar-refractivity contribution < 1.29 is 14.1 Å². The van der Waals surface area contributed by atoms with Gasteiger partial charge >= 0.3 is 5.97 Å². The normalized spacial score (nSPS) is 26.4. The van der Waals surface area contributed by atoms with Crippen molar-refractivity contribution in [2.45, 2.75) is 25.1 Å². The van der Waals surface area contributed by atoms with Gasteiger partial charge in [-0.2, -0.15) is 0 Å². The zero-order valence-corrected chi connectivity index (χ0v) is 9.21. The van der Waals surface area contributed by atoms with E-state index in [1.807, 2.05) is 13.8 Å². The molecule has 0 radical (unpaired) electrons. The molecule has 1 fully saturated rings. The quantitative estimate of drug-likeness (QED) is 0.667. The Labute approximate surface area is 86.1 Å². The summed E-state index contributed by atoms with van der Waals surface area (Å²) in [5.41, 5.74) is 0. The Morgan fingerprint density at radius 1 is 1.64 bits per heavy atom. The molecule has 0 aliphatic carbocycles. The van der Waals surface area contributed by atoms with Crippen molar-refractivity contribution in [3.05, 3.63) is 0 Å². The van der Waals surface area contributed by atoms with Crippen LogP contribution in [0.3, 0.4) is 0 Å². The zero-order valence-electron chi connectivity index (χ0n) is 8.40. The lowest BCUT2D eigenvalue weighted by Gasteiger charge is -2.33. The van der Waals surface area contributed by atoms with Gasteiger partial charge in [0.05, 0.1) is 11.0 Å². The molecule has 1 aliphatic rings. The maximum Gasteiger partial charge on any atom is 0.323 e. The third kappa shape index (κ3) is 2.52. The Morgan fingerprint density at radius 3 is 2.79 bits per heavy atom. The third-order valence-electron chi connectivity index (χ3n) is 2.11. The van der Waals surface area contributed by atoms with Crippen LogP contribution < -0.4 is 5.32 Å². The van der Waals surface area contributed by atoms with Crippen LogP contribution in [0, 0.1) is 0 Å². The number of carboxylic acids is 1. The van der Waals surface area contributed by atoms with Crippen LogP contribution >= 0.6 is 0 Å². The van der Waals surface area contributed by atoms with Crippen LogP contribution in [0.4, 0.5) is 0 Å². The Kier molecular flexibility index (Phi) is 4.03. The van der Waals surface area contributed by atoms with Crippen LogP contribution in [-0.4, -0.2) is 50.5 Å². The fraction of sp³-hybridized carbons (Fsp3) is 0.875. The van der Waals surface area contributed by atoms with E-state index in [9.17, 15) is 9.00 Å². The monoisotopic (exact) mass is 220 g/mol. The second kappa shape index (κ2) is 4.86. The molecule has 14 heavy (non-hydrogen) atoms. The maximum absolute atomic E-state index is 11.8. The average molecular weight is 220 g/mol. The van der Waals surface area contributed by atoms with Crippen LogP contribution in [0.1, 0.15) is 13.8 Å². The number of rotatable bonds is 3. The summed E-state index contributed by atoms with van der Waals surface area (Å²) in [6, 6.07) is -0.660. The molecule has 1 aliphatic heterocycles. The molecule has 1 saturated heterocycles. The number of piperazine rings is 1. The lowest BCUT2D eigenvalue weighted by molar-refractivity contribution is -0.141. The lowest BCUT2D eigenvalue weighted by atomic mass is 10.2. The maximum atomic E-state index is 11.8. The van der Waals surface area contributed by atoms with E-state index in [1.54, 1.807) is 4.31 Å². The molecule has 2 unspecified atom stereocenters. The summed E-state index contributed by atoms with van der Waals surface area (Å²) in [7, 11) is -1.20. The molecule has 0 aromatic carbocycles. The largest absolute Gasteiger partial charge is 0.480 e. The summed E-state index contributed by atoms with van der Waals surface area (Å²) in [6.45, 7) is 5.26. The predicted octanol–water partition coefficient (Wildman–Crippen LogP) is -0.583. The van der Waals surface area contributed by atoms with Gasteiger partial charge < -0.3 is 10.4 Å². The van der Waals surface area contributed by atoms with Gasteiger partial charge in [0.1, 0.15) is 6.04 Å². The summed E-state index contributed by atoms with van der Waals surface area (Å²) in [5, 5.41) is 11.9. The van der Waals surface area contributed by atoms with Crippen LogP contribution in [-0.2, 0) is 15.8 Å². The number of nitrogens with one attached hydrogen (secondary N) is 1. The Morgan fingerprint density at radius 2 is 2.29 bits per heavy atom. The molecule has 2 N–H and O–H groups in total. The number of carboxylic acid groups (broad SMARTS) is 1. The highest BCUT2D eigenvalue weighted by molar-refractivity contribution is 7.83. The third-order valence-corrected chi connectivity index (χ3v) is 3.82. The van der Waals surface area contributed by atoms with Crippen molar-refractivity contribution in [2.24, 2.45) is 0 Å². The Balaban J connectivity index is 2.72. The molecule has 0 aromatic heterocycles. The molecule has 0 spiro atoms. The second-order valence-electron chi connectivity index (χ2n) is 3.52. The highest BCUT2D eigenvalue weighted by Crippen LogP contribution is 2.10. The van der Waals surface area contributed by atoms with Crippen molar-refractivity contribution in [2.75, 3.05) is 19.6 Å². The number of carbonyl (C=O) groups is 1. The molecule has 0 aromatic rings. The van der Waals surface area contributed by atoms with Gasteiger partial charge in [-0.05, 0) is 13.8 Å². The summed E-state index contributed by atoms with van der Waals surface area (Å²) >= 11 is 0. The first-order valence-electron chi connectivity index (χ1n) is 4.65. The fourth-order valence-corrected chi connectivity index (χ4v) is 2.61. The Hall–Kier alpha value is -0.460. The van der Waals surface area contributed by atoms with E-state index >= 15 is 0 Å². The first-order chi connectivity index (χ1) is 6.54. The molecule has 0 saturated carbocycles. The van der Waals surface area contributed by atoms with Gasteiger partial charge in [-0.1, -0.05) is 0 Å². The van der Waals surface area contributed by atoms with Crippen molar-refractivity contribution >= 4 is 17.0 Å². The van der Waals surface area contributed by atoms with Gasteiger partial charge in [0.2, 0.25) is 0 Å². The van der Waals surface area contributed by atoms with E-state index in [4.69, 9.17) is 5.11 Å². The van der Waals surface area contributed by atoms with Crippen LogP contribution in [0.15, 0.2) is 0 Å². The minimum atomic E-state index is -1.20. The van der Waals surface area contributed by atoms with E-state index in [-0.39, 0.29) is 5.25 Å². The standard InChI is InChI=1S/C8H16N2O3S/c1-6(2)14(13)10-4-3-9-5-7(10)8(11)12/h6-7,9H,3-5H2,1-2H3,(H,11,12). The van der Waals surface area contributed by atoms with Crippen LogP contribution in [0.25, 0.3) is 0 Å². The van der Waals surface area contributed by atoms with E-state index < -0.39 is 23.0 Å². The molecule has 6 heteroatoms. The molecule has 2 atom stereocenters. The number of hydrogen-bond donors (Lipinski definition) is 2. The van der Waals surface area contributed by atoms with Gasteiger partial charge in [-0.25, -0.2) is 8.51 Å². The summed E-state index contributed by atoms with van der Waals surface area (Å²) in [4.78, 5) is 10.9. The minimum absolute atomic E-state index is 0.0325. The van der Waals surface area contributed by atoms with Gasteiger partial charge in [-0.15, -0.1) is 0 Å². The zero-order chi connectivity index (χ0) is 10.7. The van der Waals surface area contributed by atoms with E-state index in [0.29, 0.717) is 19.6 Å². The predicted molar refractivity (Wildman–Crippen MR) is 54.3 cm³/mol. The smallest absolute Gasteiger partial charge is 0.323 e. The first kappa shape index (κ1) is 11.6. The topological polar surface area (TPSA) is 69.6 Å². The molecule has 82 valence electrons. The van der Waals surface area contributed by atoms with Crippen LogP contribution in [0.2, 0.25) is 0 Å². The van der Waals surface area contributed by atoms with E-state index in [1.165, 1.54) is 0 Å². The molecule has 0 amide bonds. The van der Waals surface area contributed by atoms with E-state index in [2.05, 4.69) is 5.32 Å². The van der Waals surface area contributed by atoms with Gasteiger partial charge in [0.15, 0.2) is 0 Å². The molecule has 5 nitrogen and oxygen atoms in total.